The van der Waals surface area contributed by atoms with E-state index >= 15 is 0 Å². The molecule has 6 rings (SSSR count). The molecule has 1 aliphatic heterocycles. The summed E-state index contributed by atoms with van der Waals surface area (Å²) in [4.78, 5) is 60.8. The predicted octanol–water partition coefficient (Wildman–Crippen LogP) is 4.70. The number of carbonyl (C=O) groups excluding carboxylic acids is 4. The van der Waals surface area contributed by atoms with Crippen LogP contribution in [0.25, 0.3) is 22.3 Å². The van der Waals surface area contributed by atoms with Crippen molar-refractivity contribution in [1.82, 2.24) is 29.8 Å². The number of nitrogens with one attached hydrogen (secondary N) is 1. The number of furan rings is 1. The van der Waals surface area contributed by atoms with E-state index in [4.69, 9.17) is 9.15 Å². The van der Waals surface area contributed by atoms with Crippen LogP contribution >= 0.6 is 0 Å². The molecule has 0 fully saturated rings. The molecule has 12 nitrogen and oxygen atoms in total. The molecule has 2 aromatic heterocycles. The maximum Gasteiger partial charge on any atom is 0.274 e. The van der Waals surface area contributed by atoms with Gasteiger partial charge in [-0.3, -0.25) is 23.9 Å². The van der Waals surface area contributed by atoms with Crippen LogP contribution in [0.1, 0.15) is 72.1 Å². The highest BCUT2D eigenvalue weighted by Crippen LogP contribution is 2.37. The minimum atomic E-state index is -0.336. The zero-order chi connectivity index (χ0) is 36.2. The standard InChI is InChI=1S/C39H48N6O6/c1-6-50-28-14-16-32-30(22-28)35(37(51-32)26-11-8-7-9-12-26)38(48)44-19-10-18-40-33(46)23-42(4)39(49)36-29-21-27(13-15-31(29)43(5)41-36)45(34(47)24-44)20-17-25(2)3/h7-9,11-12,14,16,22,25,27H,6,10,13,15,17-21,23-24H2,1-5H3,(H,40,46). The minimum Gasteiger partial charge on any atom is -0.494 e. The Bertz CT molecular complexity index is 1910. The molecule has 51 heavy (non-hydrogen) atoms. The molecule has 1 N–H and O–H groups in total. The number of rotatable bonds is 7. The number of amides is 4. The highest BCUT2D eigenvalue weighted by Gasteiger charge is 2.36. The number of carbonyl (C=O) groups is 4. The third-order valence-electron chi connectivity index (χ3n) is 9.83. The van der Waals surface area contributed by atoms with Crippen molar-refractivity contribution in [1.29, 1.82) is 0 Å². The zero-order valence-corrected chi connectivity index (χ0v) is 30.2. The summed E-state index contributed by atoms with van der Waals surface area (Å²) in [5.74, 6) is 0.258. The van der Waals surface area contributed by atoms with Gasteiger partial charge in [0.1, 0.15) is 23.6 Å². The number of likely N-dealkylation sites (N-methyl/N-ethyl adjacent to an activating group) is 1. The molecule has 3 heterocycles. The molecule has 0 radical (unpaired) electrons. The Balaban J connectivity index is 1.41. The van der Waals surface area contributed by atoms with Gasteiger partial charge in [0.15, 0.2) is 5.69 Å². The quantitative estimate of drug-likeness (QED) is 0.297. The summed E-state index contributed by atoms with van der Waals surface area (Å²) in [6, 6.07) is 14.7. The molecule has 270 valence electrons. The van der Waals surface area contributed by atoms with Crippen LogP contribution in [0, 0.1) is 5.92 Å². The summed E-state index contributed by atoms with van der Waals surface area (Å²) in [6.45, 7) is 7.34. The predicted molar refractivity (Wildman–Crippen MR) is 193 cm³/mol. The summed E-state index contributed by atoms with van der Waals surface area (Å²) < 4.78 is 13.9. The molecule has 2 aromatic carbocycles. The largest absolute Gasteiger partial charge is 0.494 e. The van der Waals surface area contributed by atoms with Crippen molar-refractivity contribution in [3.05, 3.63) is 71.0 Å². The van der Waals surface area contributed by atoms with Gasteiger partial charge in [0.25, 0.3) is 11.8 Å². The van der Waals surface area contributed by atoms with Crippen molar-refractivity contribution in [3.8, 4) is 17.1 Å². The van der Waals surface area contributed by atoms with Gasteiger partial charge in [0.05, 0.1) is 18.7 Å². The molecule has 0 saturated carbocycles. The topological polar surface area (TPSA) is 130 Å². The average molecular weight is 697 g/mol. The van der Waals surface area contributed by atoms with Crippen molar-refractivity contribution in [2.45, 2.75) is 58.9 Å². The molecule has 2 bridgehead atoms. The molecular formula is C39H48N6O6. The number of fused-ring (bicyclic) bond motifs is 2. The first-order valence-electron chi connectivity index (χ1n) is 18.0. The smallest absolute Gasteiger partial charge is 0.274 e. The number of aromatic nitrogens is 2. The van der Waals surface area contributed by atoms with Gasteiger partial charge >= 0.3 is 0 Å². The Morgan fingerprint density at radius 3 is 2.61 bits per heavy atom. The number of aryl methyl sites for hydroxylation is 1. The molecule has 1 aliphatic carbocycles. The Kier molecular flexibility index (Phi) is 10.8. The molecule has 4 aromatic rings. The van der Waals surface area contributed by atoms with E-state index < -0.39 is 0 Å². The van der Waals surface area contributed by atoms with Crippen LogP contribution in [0.4, 0.5) is 0 Å². The SMILES string of the molecule is CCOc1ccc2oc(-c3ccccc3)c(C(=O)N3CCCNC(=O)CN(C)C(=O)c4nn(C)c5c4CC(CC5)N(CCC(C)C)C(=O)C3)c2c1. The summed E-state index contributed by atoms with van der Waals surface area (Å²) in [5.41, 5.74) is 3.74. The van der Waals surface area contributed by atoms with Gasteiger partial charge in [-0.15, -0.1) is 0 Å². The summed E-state index contributed by atoms with van der Waals surface area (Å²) in [6.07, 6.45) is 3.01. The second-order valence-corrected chi connectivity index (χ2v) is 13.9. The first kappa shape index (κ1) is 35.7. The summed E-state index contributed by atoms with van der Waals surface area (Å²) in [7, 11) is 3.43. The van der Waals surface area contributed by atoms with Crippen LogP contribution in [0.2, 0.25) is 0 Å². The Hall–Kier alpha value is -5.13. The fraction of sp³-hybridized carbons (Fsp3) is 0.462. The van der Waals surface area contributed by atoms with Crippen molar-refractivity contribution in [2.24, 2.45) is 13.0 Å². The highest BCUT2D eigenvalue weighted by atomic mass is 16.5. The van der Waals surface area contributed by atoms with E-state index in [2.05, 4.69) is 24.3 Å². The lowest BCUT2D eigenvalue weighted by atomic mass is 9.89. The number of benzene rings is 2. The number of ether oxygens (including phenoxy) is 1. The Morgan fingerprint density at radius 2 is 1.86 bits per heavy atom. The van der Waals surface area contributed by atoms with Crippen molar-refractivity contribution < 1.29 is 28.3 Å². The summed E-state index contributed by atoms with van der Waals surface area (Å²) in [5, 5.41) is 8.07. The minimum absolute atomic E-state index is 0.126. The molecule has 1 atom stereocenters. The molecule has 0 saturated heterocycles. The first-order valence-corrected chi connectivity index (χ1v) is 18.0. The van der Waals surface area contributed by atoms with E-state index in [-0.39, 0.29) is 55.8 Å². The van der Waals surface area contributed by atoms with Crippen molar-refractivity contribution in [3.63, 3.8) is 0 Å². The van der Waals surface area contributed by atoms with Crippen LogP contribution in [0.15, 0.2) is 52.9 Å². The van der Waals surface area contributed by atoms with Crippen LogP contribution in [-0.4, -0.2) is 101 Å². The van der Waals surface area contributed by atoms with E-state index in [1.165, 1.54) is 4.90 Å². The van der Waals surface area contributed by atoms with Crippen LogP contribution in [-0.2, 0) is 29.5 Å². The van der Waals surface area contributed by atoms with E-state index in [0.717, 1.165) is 23.2 Å². The molecule has 12 heteroatoms. The van der Waals surface area contributed by atoms with Gasteiger partial charge in [0, 0.05) is 62.0 Å². The lowest BCUT2D eigenvalue weighted by molar-refractivity contribution is -0.134. The van der Waals surface area contributed by atoms with Gasteiger partial charge in [-0.25, -0.2) is 0 Å². The zero-order valence-electron chi connectivity index (χ0n) is 30.2. The lowest BCUT2D eigenvalue weighted by Gasteiger charge is -2.36. The molecule has 2 aliphatic rings. The van der Waals surface area contributed by atoms with E-state index in [0.29, 0.717) is 78.5 Å². The highest BCUT2D eigenvalue weighted by molar-refractivity contribution is 6.12. The Morgan fingerprint density at radius 1 is 1.08 bits per heavy atom. The van der Waals surface area contributed by atoms with E-state index in [1.807, 2.05) is 61.3 Å². The maximum atomic E-state index is 14.9. The lowest BCUT2D eigenvalue weighted by Crippen LogP contribution is -2.50. The summed E-state index contributed by atoms with van der Waals surface area (Å²) >= 11 is 0. The molecular weight excluding hydrogens is 648 g/mol. The third-order valence-corrected chi connectivity index (χ3v) is 9.83. The molecule has 1 unspecified atom stereocenters. The number of hydrogen-bond acceptors (Lipinski definition) is 7. The Labute approximate surface area is 298 Å². The van der Waals surface area contributed by atoms with Crippen molar-refractivity contribution in [2.75, 3.05) is 46.4 Å². The number of hydrogen-bond donors (Lipinski definition) is 1. The monoisotopic (exact) mass is 696 g/mol. The van der Waals surface area contributed by atoms with Gasteiger partial charge < -0.3 is 29.2 Å². The van der Waals surface area contributed by atoms with Crippen LogP contribution in [0.5, 0.6) is 5.75 Å². The van der Waals surface area contributed by atoms with Crippen LogP contribution < -0.4 is 10.1 Å². The average Bonchev–Trinajstić information content (AvgIpc) is 3.66. The number of nitrogens with zero attached hydrogens (tertiary/aromatic N) is 5. The van der Waals surface area contributed by atoms with Crippen molar-refractivity contribution >= 4 is 34.6 Å². The third kappa shape index (κ3) is 7.64. The van der Waals surface area contributed by atoms with Gasteiger partial charge in [-0.2, -0.15) is 5.10 Å². The second kappa shape index (κ2) is 15.4. The molecule has 4 amide bonds. The van der Waals surface area contributed by atoms with Gasteiger partial charge in [-0.1, -0.05) is 44.2 Å². The first-order chi connectivity index (χ1) is 24.5. The normalized spacial score (nSPS) is 17.7. The van der Waals surface area contributed by atoms with Crippen LogP contribution in [0.3, 0.4) is 0 Å². The second-order valence-electron chi connectivity index (χ2n) is 13.9. The fourth-order valence-electron chi connectivity index (χ4n) is 7.14. The van der Waals surface area contributed by atoms with E-state index in [1.54, 1.807) is 22.7 Å². The van der Waals surface area contributed by atoms with Gasteiger partial charge in [-0.05, 0) is 63.1 Å². The molecule has 0 spiro atoms. The van der Waals surface area contributed by atoms with E-state index in [9.17, 15) is 19.2 Å². The fourth-order valence-corrected chi connectivity index (χ4v) is 7.14. The van der Waals surface area contributed by atoms with Gasteiger partial charge in [0.2, 0.25) is 11.8 Å². The maximum absolute atomic E-state index is 14.9.